The molecule has 3 nitrogen and oxygen atoms in total. The molecule has 1 heterocycles. The molecule has 1 N–H and O–H groups in total. The molecule has 0 spiro atoms. The minimum Gasteiger partial charge on any atom is -0.381 e. The molecule has 0 saturated carbocycles. The zero-order valence-electron chi connectivity index (χ0n) is 13.3. The smallest absolute Gasteiger partial charge is 0.0480 e. The first-order chi connectivity index (χ1) is 9.61. The quantitative estimate of drug-likeness (QED) is 0.895. The number of aryl methyl sites for hydroxylation is 2. The summed E-state index contributed by atoms with van der Waals surface area (Å²) in [6.07, 6.45) is 2.31. The second kappa shape index (κ2) is 7.21. The van der Waals surface area contributed by atoms with Crippen molar-refractivity contribution in [3.05, 3.63) is 34.9 Å². The Kier molecular flexibility index (Phi) is 5.58. The fourth-order valence-corrected chi connectivity index (χ4v) is 3.12. The van der Waals surface area contributed by atoms with Gasteiger partial charge in [-0.15, -0.1) is 0 Å². The van der Waals surface area contributed by atoms with Gasteiger partial charge in [-0.2, -0.15) is 0 Å². The highest BCUT2D eigenvalue weighted by molar-refractivity contribution is 5.33. The zero-order chi connectivity index (χ0) is 14.5. The fourth-order valence-electron chi connectivity index (χ4n) is 3.12. The van der Waals surface area contributed by atoms with E-state index in [1.54, 1.807) is 0 Å². The normalized spacial score (nSPS) is 18.4. The molecular weight excluding hydrogens is 248 g/mol. The Bertz CT molecular complexity index is 427. The van der Waals surface area contributed by atoms with Gasteiger partial charge in [0.15, 0.2) is 0 Å². The van der Waals surface area contributed by atoms with Crippen molar-refractivity contribution >= 4 is 0 Å². The third kappa shape index (κ3) is 3.81. The van der Waals surface area contributed by atoms with Crippen molar-refractivity contribution in [2.24, 2.45) is 0 Å². The number of rotatable bonds is 5. The summed E-state index contributed by atoms with van der Waals surface area (Å²) >= 11 is 0. The molecule has 1 atom stereocenters. The predicted octanol–water partition coefficient (Wildman–Crippen LogP) is 2.67. The van der Waals surface area contributed by atoms with Crippen molar-refractivity contribution in [1.82, 2.24) is 10.2 Å². The maximum absolute atomic E-state index is 5.46. The summed E-state index contributed by atoms with van der Waals surface area (Å²) in [6, 6.07) is 7.80. The average molecular weight is 276 g/mol. The van der Waals surface area contributed by atoms with E-state index in [9.17, 15) is 0 Å². The molecule has 3 heteroatoms. The summed E-state index contributed by atoms with van der Waals surface area (Å²) in [4.78, 5) is 2.49. The summed E-state index contributed by atoms with van der Waals surface area (Å²) < 4.78 is 5.46. The average Bonchev–Trinajstić information content (AvgIpc) is 2.46. The van der Waals surface area contributed by atoms with Crippen LogP contribution in [-0.4, -0.2) is 44.8 Å². The second-order valence-corrected chi connectivity index (χ2v) is 5.98. The van der Waals surface area contributed by atoms with Crippen LogP contribution < -0.4 is 5.32 Å². The van der Waals surface area contributed by atoms with E-state index >= 15 is 0 Å². The molecule has 1 unspecified atom stereocenters. The molecule has 1 aromatic rings. The summed E-state index contributed by atoms with van der Waals surface area (Å²) in [7, 11) is 4.30. The molecule has 1 saturated heterocycles. The molecule has 0 aromatic heterocycles. The first-order valence-electron chi connectivity index (χ1n) is 7.64. The minimum atomic E-state index is 0.392. The Morgan fingerprint density at radius 3 is 2.60 bits per heavy atom. The summed E-state index contributed by atoms with van der Waals surface area (Å²) in [5, 5.41) is 3.48. The van der Waals surface area contributed by atoms with Crippen molar-refractivity contribution in [1.29, 1.82) is 0 Å². The number of hydrogen-bond acceptors (Lipinski definition) is 3. The summed E-state index contributed by atoms with van der Waals surface area (Å²) in [5.74, 6) is 0. The van der Waals surface area contributed by atoms with Crippen LogP contribution in [0.3, 0.4) is 0 Å². The molecule has 20 heavy (non-hydrogen) atoms. The van der Waals surface area contributed by atoms with Gasteiger partial charge in [0.2, 0.25) is 0 Å². The number of benzene rings is 1. The summed E-state index contributed by atoms with van der Waals surface area (Å²) in [5.41, 5.74) is 4.13. The van der Waals surface area contributed by atoms with Crippen molar-refractivity contribution < 1.29 is 4.74 Å². The van der Waals surface area contributed by atoms with E-state index in [0.29, 0.717) is 12.1 Å². The Hall–Kier alpha value is -0.900. The maximum atomic E-state index is 5.46. The lowest BCUT2D eigenvalue weighted by Crippen LogP contribution is -2.41. The monoisotopic (exact) mass is 276 g/mol. The third-order valence-corrected chi connectivity index (χ3v) is 4.43. The highest BCUT2D eigenvalue weighted by atomic mass is 16.5. The van der Waals surface area contributed by atoms with E-state index in [-0.39, 0.29) is 0 Å². The molecule has 0 amide bonds. The van der Waals surface area contributed by atoms with Gasteiger partial charge in [0, 0.05) is 31.8 Å². The van der Waals surface area contributed by atoms with Crippen molar-refractivity contribution in [2.45, 2.75) is 38.8 Å². The SMILES string of the molecule is CNC(CN(C)C1CCOCC1)c1ccc(C)cc1C. The van der Waals surface area contributed by atoms with E-state index in [2.05, 4.69) is 56.4 Å². The van der Waals surface area contributed by atoms with E-state index in [4.69, 9.17) is 4.74 Å². The Morgan fingerprint density at radius 2 is 2.00 bits per heavy atom. The summed E-state index contributed by atoms with van der Waals surface area (Å²) in [6.45, 7) is 7.22. The largest absolute Gasteiger partial charge is 0.381 e. The van der Waals surface area contributed by atoms with Crippen LogP contribution in [-0.2, 0) is 4.74 Å². The number of ether oxygens (including phenoxy) is 1. The predicted molar refractivity (Wildman–Crippen MR) is 84.2 cm³/mol. The molecule has 1 aromatic carbocycles. The molecule has 1 fully saturated rings. The molecule has 112 valence electrons. The lowest BCUT2D eigenvalue weighted by Gasteiger charge is -2.34. The van der Waals surface area contributed by atoms with Gasteiger partial charge in [0.05, 0.1) is 0 Å². The number of likely N-dealkylation sites (N-methyl/N-ethyl adjacent to an activating group) is 2. The topological polar surface area (TPSA) is 24.5 Å². The molecule has 0 bridgehead atoms. The Labute approximate surface area is 123 Å². The third-order valence-electron chi connectivity index (χ3n) is 4.43. The molecule has 2 rings (SSSR count). The zero-order valence-corrected chi connectivity index (χ0v) is 13.3. The number of nitrogens with one attached hydrogen (secondary N) is 1. The molecule has 0 radical (unpaired) electrons. The first-order valence-corrected chi connectivity index (χ1v) is 7.64. The van der Waals surface area contributed by atoms with Crippen molar-refractivity contribution in [3.63, 3.8) is 0 Å². The molecular formula is C17H28N2O. The van der Waals surface area contributed by atoms with E-state index < -0.39 is 0 Å². The van der Waals surface area contributed by atoms with Crippen LogP contribution in [0.5, 0.6) is 0 Å². The van der Waals surface area contributed by atoms with Crippen LogP contribution in [0.25, 0.3) is 0 Å². The Balaban J connectivity index is 2.04. The van der Waals surface area contributed by atoms with Crippen LogP contribution >= 0.6 is 0 Å². The van der Waals surface area contributed by atoms with Gasteiger partial charge in [0.25, 0.3) is 0 Å². The van der Waals surface area contributed by atoms with E-state index in [1.807, 2.05) is 0 Å². The Morgan fingerprint density at radius 1 is 1.30 bits per heavy atom. The van der Waals surface area contributed by atoms with Gasteiger partial charge in [-0.05, 0) is 51.9 Å². The van der Waals surface area contributed by atoms with Crippen molar-refractivity contribution in [3.8, 4) is 0 Å². The first kappa shape index (κ1) is 15.5. The molecule has 0 aliphatic carbocycles. The fraction of sp³-hybridized carbons (Fsp3) is 0.647. The lowest BCUT2D eigenvalue weighted by atomic mass is 9.98. The molecule has 1 aliphatic rings. The highest BCUT2D eigenvalue weighted by Crippen LogP contribution is 2.22. The van der Waals surface area contributed by atoms with Gasteiger partial charge in [-0.25, -0.2) is 0 Å². The highest BCUT2D eigenvalue weighted by Gasteiger charge is 2.22. The van der Waals surface area contributed by atoms with Crippen LogP contribution in [0, 0.1) is 13.8 Å². The van der Waals surface area contributed by atoms with Crippen LogP contribution in [0.1, 0.15) is 35.6 Å². The van der Waals surface area contributed by atoms with E-state index in [0.717, 1.165) is 32.6 Å². The van der Waals surface area contributed by atoms with Crippen LogP contribution in [0.2, 0.25) is 0 Å². The minimum absolute atomic E-state index is 0.392. The number of hydrogen-bond donors (Lipinski definition) is 1. The number of nitrogens with zero attached hydrogens (tertiary/aromatic N) is 1. The van der Waals surface area contributed by atoms with Gasteiger partial charge < -0.3 is 15.0 Å². The second-order valence-electron chi connectivity index (χ2n) is 5.98. The van der Waals surface area contributed by atoms with Gasteiger partial charge >= 0.3 is 0 Å². The van der Waals surface area contributed by atoms with Crippen LogP contribution in [0.15, 0.2) is 18.2 Å². The van der Waals surface area contributed by atoms with Gasteiger partial charge in [-0.3, -0.25) is 0 Å². The standard InChI is InChI=1S/C17H28N2O/c1-13-5-6-16(14(2)11-13)17(18-3)12-19(4)15-7-9-20-10-8-15/h5-6,11,15,17-18H,7-10,12H2,1-4H3. The maximum Gasteiger partial charge on any atom is 0.0480 e. The van der Waals surface area contributed by atoms with Crippen molar-refractivity contribution in [2.75, 3.05) is 33.9 Å². The van der Waals surface area contributed by atoms with E-state index in [1.165, 1.54) is 16.7 Å². The van der Waals surface area contributed by atoms with Gasteiger partial charge in [0.1, 0.15) is 0 Å². The molecule has 1 aliphatic heterocycles. The van der Waals surface area contributed by atoms with Gasteiger partial charge in [-0.1, -0.05) is 23.8 Å². The van der Waals surface area contributed by atoms with Crippen LogP contribution in [0.4, 0.5) is 0 Å². The lowest BCUT2D eigenvalue weighted by molar-refractivity contribution is 0.0403.